The molecule has 2 aliphatic heterocycles. The number of sulfonamides is 1. The number of pyridine rings is 2. The Labute approximate surface area is 347 Å². The van der Waals surface area contributed by atoms with E-state index < -0.39 is 61.5 Å². The molecule has 3 saturated carbocycles. The molecular weight excluding hydrogens is 769 g/mol. The van der Waals surface area contributed by atoms with Gasteiger partial charge in [-0.05, 0) is 98.4 Å². The Balaban J connectivity index is 1.17. The van der Waals surface area contributed by atoms with Crippen molar-refractivity contribution in [3.8, 4) is 17.0 Å². The number of carbonyl (C=O) groups is 4. The van der Waals surface area contributed by atoms with E-state index in [2.05, 4.69) is 22.4 Å². The fraction of sp³-hybridized carbons (Fsp3) is 0.565. The van der Waals surface area contributed by atoms with Gasteiger partial charge in [0.05, 0.1) is 40.6 Å². The van der Waals surface area contributed by atoms with Crippen molar-refractivity contribution in [1.82, 2.24) is 19.6 Å². The van der Waals surface area contributed by atoms with Crippen LogP contribution in [0.15, 0.2) is 61.4 Å². The van der Waals surface area contributed by atoms with Crippen molar-refractivity contribution in [2.24, 2.45) is 28.6 Å². The largest absolute Gasteiger partial charge is 0.472 e. The zero-order valence-electron chi connectivity index (χ0n) is 34.6. The molecule has 1 aromatic carbocycles. The summed E-state index contributed by atoms with van der Waals surface area (Å²) in [5.41, 5.74) is 1.71. The first kappa shape index (κ1) is 41.1. The highest BCUT2D eigenvalue weighted by atomic mass is 32.2. The van der Waals surface area contributed by atoms with E-state index in [0.29, 0.717) is 31.1 Å². The number of nitrogens with one attached hydrogen (secondary N) is 1. The number of benzene rings is 1. The van der Waals surface area contributed by atoms with Crippen molar-refractivity contribution in [3.05, 3.63) is 67.0 Å². The number of ketones is 1. The highest BCUT2D eigenvalue weighted by Gasteiger charge is 2.62. The second kappa shape index (κ2) is 15.4. The van der Waals surface area contributed by atoms with Crippen molar-refractivity contribution in [2.75, 3.05) is 6.54 Å². The lowest BCUT2D eigenvalue weighted by Gasteiger charge is -2.34. The summed E-state index contributed by atoms with van der Waals surface area (Å²) in [5.74, 6) is -2.35. The molecule has 2 bridgehead atoms. The molecule has 314 valence electrons. The molecule has 12 nitrogen and oxygen atoms in total. The number of esters is 1. The van der Waals surface area contributed by atoms with E-state index >= 15 is 0 Å². The number of ether oxygens (including phenoxy) is 2. The standard InChI is InChI=1S/C46H56N4O8S/c1-6-30-25-46(30,43(54)49-59(55,56)45(5)18-19-45)26-37(51)36-23-31-27-50(36)42(53)34(44(2,3)4)24-39(52)58-38-22-29(38)12-8-7-9-14-33-40(28-16-20-47-21-17-28)32-13-10-11-15-35(32)48-41(33)57-31/h6,10-11,13,15-17,20-21,29-31,34,36,38H,1,7-9,12,14,18-19,22-27H2,2-5H3,(H,49,54)/t29-,30-,31-,34-,36+,38-,46?/m1/s1. The SMILES string of the molecule is C=C[C@@H]1CC1(CC(=O)[C@@H]1C[C@@H]2CN1C(=O)[C@H](C(C)(C)C)CC(=O)O[C@@H]1C[C@H]1CCCCCc1c(nc3ccccc3c1-c1ccncc1)O2)C(=O)NS(=O)(=O)C1(C)CC1. The summed E-state index contributed by atoms with van der Waals surface area (Å²) in [6.45, 7) is 11.2. The molecule has 7 atom stereocenters. The summed E-state index contributed by atoms with van der Waals surface area (Å²) in [7, 11) is -3.96. The summed E-state index contributed by atoms with van der Waals surface area (Å²) >= 11 is 0. The molecule has 59 heavy (non-hydrogen) atoms. The Hall–Kier alpha value is -4.65. The molecule has 1 N–H and O–H groups in total. The molecule has 8 rings (SSSR count). The zero-order chi connectivity index (χ0) is 41.9. The quantitative estimate of drug-likeness (QED) is 0.187. The Morgan fingerprint density at radius 3 is 2.47 bits per heavy atom. The Morgan fingerprint density at radius 1 is 1.03 bits per heavy atom. The average Bonchev–Trinajstić information content (AvgIpc) is 4.15. The number of para-hydroxylation sites is 1. The number of carbonyl (C=O) groups excluding carboxylic acids is 4. The highest BCUT2D eigenvalue weighted by molar-refractivity contribution is 7.91. The van der Waals surface area contributed by atoms with Gasteiger partial charge in [-0.25, -0.2) is 13.4 Å². The van der Waals surface area contributed by atoms with Crippen molar-refractivity contribution in [1.29, 1.82) is 0 Å². The minimum atomic E-state index is -3.96. The zero-order valence-corrected chi connectivity index (χ0v) is 35.4. The summed E-state index contributed by atoms with van der Waals surface area (Å²) in [5, 5.41) is 0.984. The van der Waals surface area contributed by atoms with Gasteiger partial charge in [0.15, 0.2) is 5.78 Å². The summed E-state index contributed by atoms with van der Waals surface area (Å²) in [4.78, 5) is 67.9. The molecular formula is C46H56N4O8S. The van der Waals surface area contributed by atoms with Gasteiger partial charge >= 0.3 is 5.97 Å². The molecule has 2 amide bonds. The van der Waals surface area contributed by atoms with Gasteiger partial charge in [0.25, 0.3) is 0 Å². The molecule has 4 fully saturated rings. The second-order valence-electron chi connectivity index (χ2n) is 19.0. The van der Waals surface area contributed by atoms with Crippen molar-refractivity contribution in [3.63, 3.8) is 0 Å². The summed E-state index contributed by atoms with van der Waals surface area (Å²) in [6.07, 6.45) is 10.5. The molecule has 13 heteroatoms. The van der Waals surface area contributed by atoms with Crippen LogP contribution in [-0.2, 0) is 40.4 Å². The molecule has 2 aromatic heterocycles. The van der Waals surface area contributed by atoms with Crippen LogP contribution in [0.1, 0.15) is 104 Å². The van der Waals surface area contributed by atoms with Crippen molar-refractivity contribution in [2.45, 2.75) is 128 Å². The Kier molecular flexibility index (Phi) is 10.7. The van der Waals surface area contributed by atoms with Crippen LogP contribution in [0.2, 0.25) is 0 Å². The van der Waals surface area contributed by atoms with Crippen LogP contribution in [0.5, 0.6) is 5.88 Å². The van der Waals surface area contributed by atoms with Gasteiger partial charge in [-0.2, -0.15) is 0 Å². The van der Waals surface area contributed by atoms with E-state index in [1.165, 1.54) is 4.90 Å². The number of Topliss-reactive ketones (excluding diaryl/α,β-unsaturated/α-hetero) is 1. The van der Waals surface area contributed by atoms with E-state index in [1.807, 2.05) is 51.1 Å². The van der Waals surface area contributed by atoms with Crippen LogP contribution in [0, 0.1) is 28.6 Å². The molecule has 1 saturated heterocycles. The Bertz CT molecular complexity index is 2290. The smallest absolute Gasteiger partial charge is 0.306 e. The second-order valence-corrected chi connectivity index (χ2v) is 21.2. The van der Waals surface area contributed by atoms with Crippen molar-refractivity contribution >= 4 is 44.5 Å². The van der Waals surface area contributed by atoms with Gasteiger partial charge in [0, 0.05) is 36.2 Å². The molecule has 0 radical (unpaired) electrons. The maximum atomic E-state index is 14.9. The van der Waals surface area contributed by atoms with Gasteiger partial charge in [-0.1, -0.05) is 57.9 Å². The van der Waals surface area contributed by atoms with Gasteiger partial charge in [0.1, 0.15) is 12.2 Å². The van der Waals surface area contributed by atoms with Gasteiger partial charge in [0.2, 0.25) is 27.7 Å². The van der Waals surface area contributed by atoms with E-state index in [1.54, 1.807) is 25.4 Å². The number of allylic oxidation sites excluding steroid dienone is 1. The van der Waals surface area contributed by atoms with Crippen LogP contribution in [0.3, 0.4) is 0 Å². The molecule has 5 aliphatic rings. The topological polar surface area (TPSA) is 162 Å². The number of hydrogen-bond acceptors (Lipinski definition) is 10. The fourth-order valence-electron chi connectivity index (χ4n) is 9.30. The number of rotatable bonds is 8. The monoisotopic (exact) mass is 824 g/mol. The first-order valence-electron chi connectivity index (χ1n) is 21.2. The van der Waals surface area contributed by atoms with Crippen LogP contribution in [0.4, 0.5) is 0 Å². The summed E-state index contributed by atoms with van der Waals surface area (Å²) in [6, 6.07) is 10.9. The predicted octanol–water partition coefficient (Wildman–Crippen LogP) is 6.90. The van der Waals surface area contributed by atoms with Crippen LogP contribution < -0.4 is 9.46 Å². The molecule has 3 aromatic rings. The molecule has 1 unspecified atom stereocenters. The van der Waals surface area contributed by atoms with Gasteiger partial charge < -0.3 is 14.4 Å². The number of aromatic nitrogens is 2. The van der Waals surface area contributed by atoms with Crippen LogP contribution in [-0.4, -0.2) is 76.4 Å². The number of fused-ring (bicyclic) bond motifs is 5. The lowest BCUT2D eigenvalue weighted by atomic mass is 9.77. The number of amides is 2. The van der Waals surface area contributed by atoms with Crippen LogP contribution >= 0.6 is 0 Å². The lowest BCUT2D eigenvalue weighted by Crippen LogP contribution is -2.49. The number of nitrogens with zero attached hydrogens (tertiary/aromatic N) is 3. The van der Waals surface area contributed by atoms with Crippen molar-refractivity contribution < 1.29 is 37.1 Å². The Morgan fingerprint density at radius 2 is 1.78 bits per heavy atom. The maximum absolute atomic E-state index is 14.9. The summed E-state index contributed by atoms with van der Waals surface area (Å²) < 4.78 is 40.5. The predicted molar refractivity (Wildman–Crippen MR) is 222 cm³/mol. The van der Waals surface area contributed by atoms with E-state index in [4.69, 9.17) is 14.5 Å². The van der Waals surface area contributed by atoms with E-state index in [0.717, 1.165) is 59.7 Å². The lowest BCUT2D eigenvalue weighted by molar-refractivity contribution is -0.154. The average molecular weight is 825 g/mol. The minimum Gasteiger partial charge on any atom is -0.472 e. The maximum Gasteiger partial charge on any atom is 0.306 e. The van der Waals surface area contributed by atoms with Gasteiger partial charge in [-0.3, -0.25) is 28.9 Å². The third kappa shape index (κ3) is 8.15. The third-order valence-electron chi connectivity index (χ3n) is 13.7. The molecule has 0 spiro atoms. The van der Waals surface area contributed by atoms with Crippen LogP contribution in [0.25, 0.3) is 22.0 Å². The first-order valence-corrected chi connectivity index (χ1v) is 22.7. The van der Waals surface area contributed by atoms with Gasteiger partial charge in [-0.15, -0.1) is 6.58 Å². The fourth-order valence-corrected chi connectivity index (χ4v) is 10.6. The normalized spacial score (nSPS) is 29.5. The third-order valence-corrected chi connectivity index (χ3v) is 15.8. The molecule has 3 aliphatic carbocycles. The van der Waals surface area contributed by atoms with E-state index in [9.17, 15) is 27.6 Å². The highest BCUT2D eigenvalue weighted by Crippen LogP contribution is 2.57. The molecule has 4 heterocycles. The first-order chi connectivity index (χ1) is 28.0. The van der Waals surface area contributed by atoms with E-state index in [-0.39, 0.29) is 50.0 Å². The minimum absolute atomic E-state index is 0.0525. The number of hydrogen-bond donors (Lipinski definition) is 1.